The second-order valence-electron chi connectivity index (χ2n) is 7.18. The number of nitrogens with one attached hydrogen (secondary N) is 2. The summed E-state index contributed by atoms with van der Waals surface area (Å²) in [6.45, 7) is 7.99. The summed E-state index contributed by atoms with van der Waals surface area (Å²) in [5.41, 5.74) is 2.53. The molecule has 0 unspecified atom stereocenters. The lowest BCUT2D eigenvalue weighted by Crippen LogP contribution is -2.38. The van der Waals surface area contributed by atoms with Crippen molar-refractivity contribution in [3.63, 3.8) is 0 Å². The first-order valence-electron chi connectivity index (χ1n) is 8.84. The van der Waals surface area contributed by atoms with Crippen molar-refractivity contribution in [3.05, 3.63) is 64.7 Å². The third-order valence-corrected chi connectivity index (χ3v) is 4.24. The molecule has 2 aromatic rings. The van der Waals surface area contributed by atoms with Gasteiger partial charge in [0.2, 0.25) is 0 Å². The van der Waals surface area contributed by atoms with Crippen LogP contribution in [0.25, 0.3) is 0 Å². The summed E-state index contributed by atoms with van der Waals surface area (Å²) >= 11 is 5.85. The van der Waals surface area contributed by atoms with Gasteiger partial charge in [0.1, 0.15) is 12.4 Å². The minimum absolute atomic E-state index is 0.129. The van der Waals surface area contributed by atoms with Crippen molar-refractivity contribution in [3.8, 4) is 5.75 Å². The number of halogens is 1. The number of benzene rings is 2. The monoisotopic (exact) mass is 374 g/mol. The first kappa shape index (κ1) is 20.1. The van der Waals surface area contributed by atoms with Crippen LogP contribution in [0.3, 0.4) is 0 Å². The summed E-state index contributed by atoms with van der Waals surface area (Å²) < 4.78 is 5.65. The molecule has 0 fully saturated rings. The van der Waals surface area contributed by atoms with Crippen LogP contribution in [-0.2, 0) is 11.8 Å². The molecule has 0 radical (unpaired) electrons. The summed E-state index contributed by atoms with van der Waals surface area (Å²) in [6.07, 6.45) is 0.765. The van der Waals surface area contributed by atoms with Gasteiger partial charge in [0.15, 0.2) is 0 Å². The van der Waals surface area contributed by atoms with Crippen LogP contribution in [0.5, 0.6) is 5.75 Å². The van der Waals surface area contributed by atoms with Crippen molar-refractivity contribution in [1.29, 1.82) is 0 Å². The van der Waals surface area contributed by atoms with E-state index in [2.05, 4.69) is 43.5 Å². The zero-order valence-electron chi connectivity index (χ0n) is 15.6. The van der Waals surface area contributed by atoms with Gasteiger partial charge in [0, 0.05) is 11.6 Å². The van der Waals surface area contributed by atoms with Crippen LogP contribution in [0, 0.1) is 0 Å². The Bertz CT molecular complexity index is 691. The molecule has 0 bridgehead atoms. The lowest BCUT2D eigenvalue weighted by Gasteiger charge is -2.19. The fourth-order valence-corrected chi connectivity index (χ4v) is 2.54. The van der Waals surface area contributed by atoms with E-state index in [1.807, 2.05) is 36.4 Å². The Hall–Kier alpha value is -2.20. The molecule has 26 heavy (non-hydrogen) atoms. The van der Waals surface area contributed by atoms with Gasteiger partial charge in [-0.3, -0.25) is 0 Å². The Morgan fingerprint density at radius 3 is 2.19 bits per heavy atom. The number of rotatable bonds is 7. The smallest absolute Gasteiger partial charge is 0.314 e. The number of carbonyl (C=O) groups is 1. The molecule has 0 saturated heterocycles. The van der Waals surface area contributed by atoms with E-state index in [1.165, 1.54) is 5.56 Å². The average Bonchev–Trinajstić information content (AvgIpc) is 2.60. The van der Waals surface area contributed by atoms with Crippen LogP contribution in [-0.4, -0.2) is 25.7 Å². The quantitative estimate of drug-likeness (QED) is 0.698. The van der Waals surface area contributed by atoms with Gasteiger partial charge in [0.05, 0.1) is 6.54 Å². The van der Waals surface area contributed by atoms with E-state index < -0.39 is 0 Å². The summed E-state index contributed by atoms with van der Waals surface area (Å²) in [7, 11) is 0. The van der Waals surface area contributed by atoms with E-state index in [9.17, 15) is 4.79 Å². The molecule has 0 spiro atoms. The van der Waals surface area contributed by atoms with Gasteiger partial charge in [-0.1, -0.05) is 56.6 Å². The van der Waals surface area contributed by atoms with Gasteiger partial charge in [-0.05, 0) is 47.2 Å². The Balaban J connectivity index is 1.60. The van der Waals surface area contributed by atoms with Gasteiger partial charge in [0.25, 0.3) is 0 Å². The third-order valence-electron chi connectivity index (χ3n) is 3.99. The molecule has 0 aliphatic heterocycles. The first-order chi connectivity index (χ1) is 12.3. The molecule has 0 saturated carbocycles. The van der Waals surface area contributed by atoms with E-state index >= 15 is 0 Å². The maximum absolute atomic E-state index is 11.8. The number of hydrogen-bond acceptors (Lipinski definition) is 2. The summed E-state index contributed by atoms with van der Waals surface area (Å²) in [4.78, 5) is 11.8. The van der Waals surface area contributed by atoms with Crippen molar-refractivity contribution in [2.24, 2.45) is 0 Å². The predicted molar refractivity (Wildman–Crippen MR) is 107 cm³/mol. The van der Waals surface area contributed by atoms with E-state index in [1.54, 1.807) is 0 Å². The molecule has 2 rings (SSSR count). The molecule has 0 heterocycles. The highest BCUT2D eigenvalue weighted by Gasteiger charge is 2.12. The molecule has 140 valence electrons. The largest absolute Gasteiger partial charge is 0.492 e. The Labute approximate surface area is 160 Å². The maximum Gasteiger partial charge on any atom is 0.314 e. The number of hydrogen-bond donors (Lipinski definition) is 2. The van der Waals surface area contributed by atoms with Gasteiger partial charge in [-0.25, -0.2) is 4.79 Å². The van der Waals surface area contributed by atoms with Gasteiger partial charge < -0.3 is 15.4 Å². The standard InChI is InChI=1S/C21H27ClN2O2/c1-21(2,3)17-6-10-19(11-7-17)26-15-14-24-20(25)23-13-12-16-4-8-18(22)9-5-16/h4-11H,12-15H2,1-3H3,(H2,23,24,25). The van der Waals surface area contributed by atoms with E-state index in [-0.39, 0.29) is 11.4 Å². The van der Waals surface area contributed by atoms with Crippen LogP contribution in [0.15, 0.2) is 48.5 Å². The molecule has 0 aromatic heterocycles. The second kappa shape index (κ2) is 9.48. The van der Waals surface area contributed by atoms with Gasteiger partial charge in [-0.2, -0.15) is 0 Å². The number of carbonyl (C=O) groups excluding carboxylic acids is 1. The van der Waals surface area contributed by atoms with Gasteiger partial charge >= 0.3 is 6.03 Å². The SMILES string of the molecule is CC(C)(C)c1ccc(OCCNC(=O)NCCc2ccc(Cl)cc2)cc1. The average molecular weight is 375 g/mol. The molecule has 4 nitrogen and oxygen atoms in total. The molecule has 0 aliphatic carbocycles. The Morgan fingerprint density at radius 1 is 0.962 bits per heavy atom. The molecule has 5 heteroatoms. The van der Waals surface area contributed by atoms with Crippen molar-refractivity contribution in [1.82, 2.24) is 10.6 Å². The minimum atomic E-state index is -0.189. The zero-order chi connectivity index (χ0) is 19.0. The summed E-state index contributed by atoms with van der Waals surface area (Å²) in [6, 6.07) is 15.5. The minimum Gasteiger partial charge on any atom is -0.492 e. The maximum atomic E-state index is 11.8. The highest BCUT2D eigenvalue weighted by Crippen LogP contribution is 2.24. The normalized spacial score (nSPS) is 11.1. The molecule has 2 aromatic carbocycles. The fraction of sp³-hybridized carbons (Fsp3) is 0.381. The number of ether oxygens (including phenoxy) is 1. The Morgan fingerprint density at radius 2 is 1.58 bits per heavy atom. The molecule has 0 aliphatic rings. The highest BCUT2D eigenvalue weighted by molar-refractivity contribution is 6.30. The van der Waals surface area contributed by atoms with E-state index in [0.717, 1.165) is 17.7 Å². The lowest BCUT2D eigenvalue weighted by atomic mass is 9.87. The van der Waals surface area contributed by atoms with Crippen LogP contribution in [0.4, 0.5) is 4.79 Å². The lowest BCUT2D eigenvalue weighted by molar-refractivity contribution is 0.236. The van der Waals surface area contributed by atoms with Crippen LogP contribution >= 0.6 is 11.6 Å². The first-order valence-corrected chi connectivity index (χ1v) is 9.22. The molecular formula is C21H27ClN2O2. The van der Waals surface area contributed by atoms with Crippen LogP contribution in [0.1, 0.15) is 31.9 Å². The third kappa shape index (κ3) is 6.96. The Kier molecular flexibility index (Phi) is 7.34. The van der Waals surface area contributed by atoms with Crippen molar-refractivity contribution >= 4 is 17.6 Å². The van der Waals surface area contributed by atoms with Crippen LogP contribution in [0.2, 0.25) is 5.02 Å². The summed E-state index contributed by atoms with van der Waals surface area (Å²) in [5.74, 6) is 0.808. The summed E-state index contributed by atoms with van der Waals surface area (Å²) in [5, 5.41) is 6.33. The van der Waals surface area contributed by atoms with E-state index in [4.69, 9.17) is 16.3 Å². The van der Waals surface area contributed by atoms with Crippen molar-refractivity contribution in [2.45, 2.75) is 32.6 Å². The number of amides is 2. The predicted octanol–water partition coefficient (Wildman–Crippen LogP) is 4.56. The topological polar surface area (TPSA) is 50.4 Å². The van der Waals surface area contributed by atoms with Gasteiger partial charge in [-0.15, -0.1) is 0 Å². The highest BCUT2D eigenvalue weighted by atomic mass is 35.5. The van der Waals surface area contributed by atoms with Crippen LogP contribution < -0.4 is 15.4 Å². The molecule has 0 atom stereocenters. The zero-order valence-corrected chi connectivity index (χ0v) is 16.4. The fourth-order valence-electron chi connectivity index (χ4n) is 2.42. The van der Waals surface area contributed by atoms with Crippen molar-refractivity contribution in [2.75, 3.05) is 19.7 Å². The molecule has 2 amide bonds. The van der Waals surface area contributed by atoms with E-state index in [0.29, 0.717) is 24.7 Å². The second-order valence-corrected chi connectivity index (χ2v) is 7.62. The number of urea groups is 1. The van der Waals surface area contributed by atoms with Crippen molar-refractivity contribution < 1.29 is 9.53 Å². The molecular weight excluding hydrogens is 348 g/mol. The molecule has 2 N–H and O–H groups in total.